The minimum atomic E-state index is 0. The molecule has 1 aromatic heterocycles. The van der Waals surface area contributed by atoms with Gasteiger partial charge in [0.1, 0.15) is 0 Å². The van der Waals surface area contributed by atoms with E-state index in [-0.39, 0.29) is 12.4 Å². The Morgan fingerprint density at radius 2 is 2.04 bits per heavy atom. The van der Waals surface area contributed by atoms with Crippen molar-refractivity contribution in [2.45, 2.75) is 46.1 Å². The molecule has 0 aliphatic heterocycles. The summed E-state index contributed by atoms with van der Waals surface area (Å²) in [5, 5.41) is 5.21. The van der Waals surface area contributed by atoms with Gasteiger partial charge in [-0.15, -0.1) is 12.4 Å². The Labute approximate surface area is 146 Å². The number of hydrogen-bond acceptors (Lipinski definition) is 2. The number of nitrogens with zero attached hydrogens (tertiary/aromatic N) is 1. The van der Waals surface area contributed by atoms with Crippen molar-refractivity contribution in [3.05, 3.63) is 35.0 Å². The zero-order valence-corrected chi connectivity index (χ0v) is 15.4. The summed E-state index contributed by atoms with van der Waals surface area (Å²) in [4.78, 5) is 6.16. The predicted octanol–water partition coefficient (Wildman–Crippen LogP) is 4.21. The first-order valence-electron chi connectivity index (χ1n) is 8.79. The highest BCUT2D eigenvalue weighted by atomic mass is 35.5. The van der Waals surface area contributed by atoms with Crippen molar-refractivity contribution in [2.24, 2.45) is 0 Å². The molecular formula is C19H30ClN3. The number of likely N-dealkylation sites (N-methyl/N-ethyl adjacent to an activating group) is 1. The molecule has 0 fully saturated rings. The molecule has 0 radical (unpaired) electrons. The maximum Gasteiger partial charge on any atom is 0.0476 e. The predicted molar refractivity (Wildman–Crippen MR) is 102 cm³/mol. The number of aromatic nitrogens is 1. The summed E-state index contributed by atoms with van der Waals surface area (Å²) in [6.45, 7) is 11.1. The van der Waals surface area contributed by atoms with Gasteiger partial charge in [0, 0.05) is 35.7 Å². The molecule has 1 aliphatic carbocycles. The Kier molecular flexibility index (Phi) is 6.51. The summed E-state index contributed by atoms with van der Waals surface area (Å²) >= 11 is 0. The number of hydrogen-bond donors (Lipinski definition) is 2. The molecular weight excluding hydrogens is 306 g/mol. The lowest BCUT2D eigenvalue weighted by atomic mass is 9.91. The summed E-state index contributed by atoms with van der Waals surface area (Å²) in [5.41, 5.74) is 5.63. The topological polar surface area (TPSA) is 31.1 Å². The lowest BCUT2D eigenvalue weighted by Crippen LogP contribution is -2.34. The van der Waals surface area contributed by atoms with Crippen LogP contribution >= 0.6 is 12.4 Å². The Morgan fingerprint density at radius 3 is 2.78 bits per heavy atom. The third kappa shape index (κ3) is 3.90. The van der Waals surface area contributed by atoms with Crippen molar-refractivity contribution in [3.8, 4) is 0 Å². The van der Waals surface area contributed by atoms with Gasteiger partial charge in [-0.2, -0.15) is 0 Å². The van der Waals surface area contributed by atoms with Crippen LogP contribution in [0.1, 0.15) is 49.6 Å². The Hall–Kier alpha value is -1.03. The standard InChI is InChI=1S/C19H29N3.ClH/c1-4-22(5-2)12-11-20-18-8-6-7-15-16-13-14(3)9-10-17(16)21-19(15)18;/h9-10,13,18,20-21H,4-8,11-12H2,1-3H3;1H. The number of nitrogens with one attached hydrogen (secondary N) is 2. The molecule has 3 nitrogen and oxygen atoms in total. The zero-order valence-electron chi connectivity index (χ0n) is 14.6. The van der Waals surface area contributed by atoms with Crippen LogP contribution in [-0.4, -0.2) is 36.1 Å². The average Bonchev–Trinajstić information content (AvgIpc) is 2.90. The van der Waals surface area contributed by atoms with Crippen LogP contribution in [-0.2, 0) is 6.42 Å². The molecule has 1 aliphatic rings. The highest BCUT2D eigenvalue weighted by Gasteiger charge is 2.23. The number of halogens is 1. The second-order valence-corrected chi connectivity index (χ2v) is 6.49. The number of aryl methyl sites for hydroxylation is 2. The van der Waals surface area contributed by atoms with Gasteiger partial charge in [0.15, 0.2) is 0 Å². The average molecular weight is 336 g/mol. The first kappa shape index (κ1) is 18.3. The van der Waals surface area contributed by atoms with E-state index in [1.165, 1.54) is 41.4 Å². The van der Waals surface area contributed by atoms with Crippen LogP contribution in [0.4, 0.5) is 0 Å². The molecule has 0 saturated heterocycles. The molecule has 4 heteroatoms. The molecule has 0 saturated carbocycles. The molecule has 1 aromatic carbocycles. The van der Waals surface area contributed by atoms with Crippen molar-refractivity contribution >= 4 is 23.3 Å². The second kappa shape index (κ2) is 8.18. The monoisotopic (exact) mass is 335 g/mol. The number of rotatable bonds is 6. The number of fused-ring (bicyclic) bond motifs is 3. The van der Waals surface area contributed by atoms with Crippen molar-refractivity contribution < 1.29 is 0 Å². The first-order valence-corrected chi connectivity index (χ1v) is 8.79. The first-order chi connectivity index (χ1) is 10.7. The summed E-state index contributed by atoms with van der Waals surface area (Å²) in [6, 6.07) is 7.26. The molecule has 2 N–H and O–H groups in total. The number of H-pyrrole nitrogens is 1. The molecule has 1 heterocycles. The van der Waals surface area contributed by atoms with Crippen molar-refractivity contribution in [2.75, 3.05) is 26.2 Å². The normalized spacial score (nSPS) is 17.3. The van der Waals surface area contributed by atoms with Gasteiger partial charge in [-0.05, 0) is 57.0 Å². The molecule has 0 spiro atoms. The van der Waals surface area contributed by atoms with E-state index in [1.54, 1.807) is 5.56 Å². The lowest BCUT2D eigenvalue weighted by Gasteiger charge is -2.26. The summed E-state index contributed by atoms with van der Waals surface area (Å²) in [5.74, 6) is 0. The summed E-state index contributed by atoms with van der Waals surface area (Å²) in [6.07, 6.45) is 3.75. The Balaban J connectivity index is 0.00000192. The van der Waals surface area contributed by atoms with E-state index in [1.807, 2.05) is 0 Å². The maximum absolute atomic E-state index is 3.78. The molecule has 128 valence electrons. The van der Waals surface area contributed by atoms with Crippen molar-refractivity contribution in [3.63, 3.8) is 0 Å². The molecule has 1 unspecified atom stereocenters. The maximum atomic E-state index is 3.78. The third-order valence-electron chi connectivity index (χ3n) is 5.08. The largest absolute Gasteiger partial charge is 0.357 e. The van der Waals surface area contributed by atoms with Crippen molar-refractivity contribution in [1.82, 2.24) is 15.2 Å². The van der Waals surface area contributed by atoms with Gasteiger partial charge in [-0.3, -0.25) is 0 Å². The SMILES string of the molecule is CCN(CC)CCNC1CCCc2c1[nH]c1ccc(C)cc21.Cl. The van der Waals surface area contributed by atoms with Gasteiger partial charge in [0.25, 0.3) is 0 Å². The lowest BCUT2D eigenvalue weighted by molar-refractivity contribution is 0.292. The fourth-order valence-electron chi connectivity index (χ4n) is 3.72. The van der Waals surface area contributed by atoms with E-state index in [4.69, 9.17) is 0 Å². The van der Waals surface area contributed by atoms with Gasteiger partial charge in [-0.1, -0.05) is 25.5 Å². The smallest absolute Gasteiger partial charge is 0.0476 e. The third-order valence-corrected chi connectivity index (χ3v) is 5.08. The fourth-order valence-corrected chi connectivity index (χ4v) is 3.72. The molecule has 0 bridgehead atoms. The van der Waals surface area contributed by atoms with E-state index in [0.717, 1.165) is 26.2 Å². The molecule has 1 atom stereocenters. The summed E-state index contributed by atoms with van der Waals surface area (Å²) < 4.78 is 0. The van der Waals surface area contributed by atoms with Gasteiger partial charge in [0.2, 0.25) is 0 Å². The molecule has 23 heavy (non-hydrogen) atoms. The van der Waals surface area contributed by atoms with E-state index < -0.39 is 0 Å². The minimum Gasteiger partial charge on any atom is -0.357 e. The molecule has 3 rings (SSSR count). The van der Waals surface area contributed by atoms with Gasteiger partial charge in [-0.25, -0.2) is 0 Å². The Morgan fingerprint density at radius 1 is 1.26 bits per heavy atom. The molecule has 2 aromatic rings. The van der Waals surface area contributed by atoms with E-state index in [2.05, 4.69) is 54.2 Å². The van der Waals surface area contributed by atoms with E-state index >= 15 is 0 Å². The number of benzene rings is 1. The quantitative estimate of drug-likeness (QED) is 0.828. The molecule has 0 amide bonds. The second-order valence-electron chi connectivity index (χ2n) is 6.49. The Bertz CT molecular complexity index is 631. The van der Waals surface area contributed by atoms with E-state index in [9.17, 15) is 0 Å². The van der Waals surface area contributed by atoms with Crippen LogP contribution in [0.3, 0.4) is 0 Å². The van der Waals surface area contributed by atoms with Gasteiger partial charge >= 0.3 is 0 Å². The van der Waals surface area contributed by atoms with Crippen LogP contribution in [0.15, 0.2) is 18.2 Å². The highest BCUT2D eigenvalue weighted by molar-refractivity contribution is 5.86. The highest BCUT2D eigenvalue weighted by Crippen LogP contribution is 2.34. The van der Waals surface area contributed by atoms with Crippen LogP contribution in [0, 0.1) is 6.92 Å². The fraction of sp³-hybridized carbons (Fsp3) is 0.579. The van der Waals surface area contributed by atoms with Crippen molar-refractivity contribution in [1.29, 1.82) is 0 Å². The zero-order chi connectivity index (χ0) is 15.5. The van der Waals surface area contributed by atoms with Crippen LogP contribution < -0.4 is 5.32 Å². The van der Waals surface area contributed by atoms with Gasteiger partial charge < -0.3 is 15.2 Å². The summed E-state index contributed by atoms with van der Waals surface area (Å²) in [7, 11) is 0. The van der Waals surface area contributed by atoms with Crippen LogP contribution in [0.2, 0.25) is 0 Å². The van der Waals surface area contributed by atoms with E-state index in [0.29, 0.717) is 6.04 Å². The van der Waals surface area contributed by atoms with Gasteiger partial charge in [0.05, 0.1) is 0 Å². The number of aromatic amines is 1. The minimum absolute atomic E-state index is 0. The van der Waals surface area contributed by atoms with Crippen LogP contribution in [0.5, 0.6) is 0 Å². The van der Waals surface area contributed by atoms with Crippen LogP contribution in [0.25, 0.3) is 10.9 Å².